The zero-order valence-electron chi connectivity index (χ0n) is 12.6. The Bertz CT molecular complexity index is 755. The molecule has 0 unspecified atom stereocenters. The van der Waals surface area contributed by atoms with Gasteiger partial charge in [0, 0.05) is 6.04 Å². The van der Waals surface area contributed by atoms with Crippen LogP contribution < -0.4 is 11.1 Å². The van der Waals surface area contributed by atoms with Crippen molar-refractivity contribution in [3.05, 3.63) is 6.33 Å². The summed E-state index contributed by atoms with van der Waals surface area (Å²) in [4.78, 5) is 30.4. The van der Waals surface area contributed by atoms with Crippen molar-refractivity contribution in [3.8, 4) is 0 Å². The zero-order chi connectivity index (χ0) is 16.6. The van der Waals surface area contributed by atoms with E-state index in [1.165, 1.54) is 0 Å². The Morgan fingerprint density at radius 3 is 2.91 bits per heavy atom. The number of fused-ring (bicyclic) bond motifs is 1. The van der Waals surface area contributed by atoms with Gasteiger partial charge in [0.2, 0.25) is 5.95 Å². The van der Waals surface area contributed by atoms with Crippen LogP contribution in [0.15, 0.2) is 6.33 Å². The maximum absolute atomic E-state index is 10.9. The van der Waals surface area contributed by atoms with Crippen LogP contribution in [-0.2, 0) is 15.8 Å². The minimum atomic E-state index is -4.19. The molecule has 5 N–H and O–H groups in total. The van der Waals surface area contributed by atoms with Crippen molar-refractivity contribution in [1.82, 2.24) is 19.5 Å². The maximum Gasteiger partial charge on any atom is 0.350 e. The third kappa shape index (κ3) is 4.17. The third-order valence-electron chi connectivity index (χ3n) is 3.38. The van der Waals surface area contributed by atoms with Gasteiger partial charge >= 0.3 is 7.60 Å². The maximum atomic E-state index is 10.9. The highest BCUT2D eigenvalue weighted by molar-refractivity contribution is 7.51. The molecule has 0 spiro atoms. The quantitative estimate of drug-likeness (QED) is 0.528. The molecule has 126 valence electrons. The smallest absolute Gasteiger partial charge is 0.350 e. The predicted octanol–water partition coefficient (Wildman–Crippen LogP) is 0.523. The Morgan fingerprint density at radius 1 is 1.52 bits per heavy atom. The number of nitrogens with one attached hydrogen (secondary N) is 1. The molecule has 2 aromatic rings. The lowest BCUT2D eigenvalue weighted by molar-refractivity contribution is 0.0764. The number of anilines is 2. The molecule has 10 nitrogen and oxygen atoms in total. The highest BCUT2D eigenvalue weighted by atomic mass is 31.2. The first-order valence-corrected chi connectivity index (χ1v) is 9.02. The lowest BCUT2D eigenvalue weighted by atomic mass is 10.4. The van der Waals surface area contributed by atoms with E-state index in [0.29, 0.717) is 29.6 Å². The second-order valence-electron chi connectivity index (χ2n) is 5.69. The molecule has 1 aliphatic rings. The summed E-state index contributed by atoms with van der Waals surface area (Å²) < 4.78 is 17.7. The first kappa shape index (κ1) is 16.1. The normalized spacial score (nSPS) is 16.7. The molecule has 11 heteroatoms. The molecule has 0 amide bonds. The molecule has 1 atom stereocenters. The van der Waals surface area contributed by atoms with E-state index < -0.39 is 20.0 Å². The van der Waals surface area contributed by atoms with Gasteiger partial charge in [-0.1, -0.05) is 0 Å². The minimum absolute atomic E-state index is 0.145. The van der Waals surface area contributed by atoms with Crippen molar-refractivity contribution in [2.45, 2.75) is 38.5 Å². The summed E-state index contributed by atoms with van der Waals surface area (Å²) >= 11 is 0. The van der Waals surface area contributed by atoms with Gasteiger partial charge in [0.05, 0.1) is 19.0 Å². The molecule has 0 aliphatic heterocycles. The summed E-state index contributed by atoms with van der Waals surface area (Å²) in [5.74, 6) is 0.753. The fourth-order valence-corrected chi connectivity index (χ4v) is 2.62. The van der Waals surface area contributed by atoms with Gasteiger partial charge in [-0.2, -0.15) is 9.97 Å². The number of imidazole rings is 1. The molecular formula is C12H19N6O4P. The van der Waals surface area contributed by atoms with Crippen LogP contribution in [-0.4, -0.2) is 47.8 Å². The highest BCUT2D eigenvalue weighted by Crippen LogP contribution is 2.34. The average molecular weight is 342 g/mol. The van der Waals surface area contributed by atoms with Crippen LogP contribution in [0.2, 0.25) is 0 Å². The molecule has 0 radical (unpaired) electrons. The summed E-state index contributed by atoms with van der Waals surface area (Å²) in [6.45, 7) is 2.06. The van der Waals surface area contributed by atoms with Gasteiger partial charge in [0.25, 0.3) is 0 Å². The van der Waals surface area contributed by atoms with E-state index in [0.717, 1.165) is 12.8 Å². The van der Waals surface area contributed by atoms with Crippen molar-refractivity contribution < 1.29 is 19.1 Å². The van der Waals surface area contributed by atoms with Crippen LogP contribution >= 0.6 is 7.60 Å². The van der Waals surface area contributed by atoms with Gasteiger partial charge in [-0.15, -0.1) is 0 Å². The summed E-state index contributed by atoms with van der Waals surface area (Å²) in [6, 6.07) is 0.406. The van der Waals surface area contributed by atoms with E-state index in [2.05, 4.69) is 20.3 Å². The largest absolute Gasteiger partial charge is 0.368 e. The van der Waals surface area contributed by atoms with Gasteiger partial charge in [-0.25, -0.2) is 4.98 Å². The Labute approximate surface area is 132 Å². The number of rotatable bonds is 7. The fraction of sp³-hybridized carbons (Fsp3) is 0.583. The lowest BCUT2D eigenvalue weighted by Gasteiger charge is -2.14. The van der Waals surface area contributed by atoms with Crippen molar-refractivity contribution in [3.63, 3.8) is 0 Å². The molecule has 2 aromatic heterocycles. The summed E-state index contributed by atoms with van der Waals surface area (Å²) in [6.07, 6.45) is 2.75. The number of aromatic nitrogens is 4. The Balaban J connectivity index is 1.78. The van der Waals surface area contributed by atoms with Crippen molar-refractivity contribution in [2.24, 2.45) is 0 Å². The molecule has 23 heavy (non-hydrogen) atoms. The minimum Gasteiger partial charge on any atom is -0.368 e. The predicted molar refractivity (Wildman–Crippen MR) is 83.8 cm³/mol. The van der Waals surface area contributed by atoms with Crippen molar-refractivity contribution in [2.75, 3.05) is 17.4 Å². The van der Waals surface area contributed by atoms with Crippen LogP contribution in [0.3, 0.4) is 0 Å². The molecule has 1 aliphatic carbocycles. The Kier molecular flexibility index (Phi) is 4.24. The van der Waals surface area contributed by atoms with Gasteiger partial charge in [0.1, 0.15) is 6.35 Å². The Morgan fingerprint density at radius 2 is 2.26 bits per heavy atom. The van der Waals surface area contributed by atoms with Gasteiger partial charge in [-0.05, 0) is 19.8 Å². The first-order chi connectivity index (χ1) is 10.8. The number of nitrogens with zero attached hydrogens (tertiary/aromatic N) is 4. The van der Waals surface area contributed by atoms with Crippen LogP contribution in [0.4, 0.5) is 11.8 Å². The van der Waals surface area contributed by atoms with E-state index in [9.17, 15) is 4.57 Å². The second kappa shape index (κ2) is 6.04. The second-order valence-corrected chi connectivity index (χ2v) is 7.28. The summed E-state index contributed by atoms with van der Waals surface area (Å²) in [7, 11) is -4.19. The molecule has 1 fully saturated rings. The number of nitrogen functional groups attached to an aromatic ring is 1. The molecule has 0 aromatic carbocycles. The van der Waals surface area contributed by atoms with Gasteiger partial charge in [0.15, 0.2) is 17.0 Å². The highest BCUT2D eigenvalue weighted by Gasteiger charge is 2.24. The molecule has 1 saturated carbocycles. The van der Waals surface area contributed by atoms with Crippen molar-refractivity contribution >= 4 is 30.5 Å². The van der Waals surface area contributed by atoms with E-state index in [-0.39, 0.29) is 5.95 Å². The SMILES string of the molecule is C[C@H](Cn1cnc2c(NC3CC3)nc(N)nc21)OCP(=O)(O)O. The van der Waals surface area contributed by atoms with E-state index in [1.54, 1.807) is 17.8 Å². The zero-order valence-corrected chi connectivity index (χ0v) is 13.5. The van der Waals surface area contributed by atoms with Gasteiger partial charge in [-0.3, -0.25) is 4.57 Å². The monoisotopic (exact) mass is 342 g/mol. The molecule has 3 rings (SSSR count). The number of hydrogen-bond acceptors (Lipinski definition) is 7. The molecular weight excluding hydrogens is 323 g/mol. The first-order valence-electron chi connectivity index (χ1n) is 7.23. The Hall–Kier alpha value is -1.74. The number of ether oxygens (including phenoxy) is 1. The average Bonchev–Trinajstić information content (AvgIpc) is 3.17. The van der Waals surface area contributed by atoms with E-state index in [1.807, 2.05) is 0 Å². The third-order valence-corrected chi connectivity index (χ3v) is 3.87. The van der Waals surface area contributed by atoms with E-state index >= 15 is 0 Å². The van der Waals surface area contributed by atoms with Crippen LogP contribution in [0.25, 0.3) is 11.2 Å². The lowest BCUT2D eigenvalue weighted by Crippen LogP contribution is -2.17. The molecule has 2 heterocycles. The molecule has 0 saturated heterocycles. The summed E-state index contributed by atoms with van der Waals surface area (Å²) in [5, 5.41) is 3.27. The van der Waals surface area contributed by atoms with Crippen LogP contribution in [0.5, 0.6) is 0 Å². The van der Waals surface area contributed by atoms with Crippen LogP contribution in [0, 0.1) is 0 Å². The topological polar surface area (TPSA) is 148 Å². The molecule has 0 bridgehead atoms. The number of hydrogen-bond donors (Lipinski definition) is 4. The van der Waals surface area contributed by atoms with Gasteiger partial charge < -0.3 is 30.1 Å². The van der Waals surface area contributed by atoms with Crippen molar-refractivity contribution in [1.29, 1.82) is 0 Å². The summed E-state index contributed by atoms with van der Waals surface area (Å²) in [5.41, 5.74) is 6.94. The standard InChI is InChI=1S/C12H19N6O4P/c1-7(22-6-23(19,20)21)4-18-5-14-9-10(15-8-2-3-8)16-12(13)17-11(9)18/h5,7-8H,2-4,6H2,1H3,(H2,19,20,21)(H3,13,15,16,17)/t7-/m1/s1. The van der Waals surface area contributed by atoms with E-state index in [4.69, 9.17) is 20.3 Å². The fourth-order valence-electron chi connectivity index (χ4n) is 2.17. The number of nitrogens with two attached hydrogens (primary N) is 1. The van der Waals surface area contributed by atoms with Crippen LogP contribution in [0.1, 0.15) is 19.8 Å².